The van der Waals surface area contributed by atoms with E-state index < -0.39 is 10.0 Å². The average Bonchev–Trinajstić information content (AvgIpc) is 2.35. The van der Waals surface area contributed by atoms with Crippen LogP contribution < -0.4 is 4.72 Å². The first-order valence-electron chi connectivity index (χ1n) is 6.04. The van der Waals surface area contributed by atoms with Crippen LogP contribution in [0.3, 0.4) is 0 Å². The highest BCUT2D eigenvalue weighted by Crippen LogP contribution is 2.07. The summed E-state index contributed by atoms with van der Waals surface area (Å²) in [4.78, 5) is 0. The summed E-state index contributed by atoms with van der Waals surface area (Å²) in [7, 11) is -3.27. The molecule has 0 saturated carbocycles. The molecule has 5 heteroatoms. The van der Waals surface area contributed by atoms with Gasteiger partial charge in [0.15, 0.2) is 0 Å². The molecular formula is C13H18N2O2S. The van der Waals surface area contributed by atoms with Gasteiger partial charge in [0.1, 0.15) is 0 Å². The fourth-order valence-corrected chi connectivity index (χ4v) is 2.74. The molecule has 1 rings (SSSR count). The van der Waals surface area contributed by atoms with Crippen molar-refractivity contribution in [3.63, 3.8) is 0 Å². The van der Waals surface area contributed by atoms with E-state index in [1.165, 1.54) is 0 Å². The second-order valence-electron chi connectivity index (χ2n) is 4.17. The van der Waals surface area contributed by atoms with Gasteiger partial charge in [-0.15, -0.1) is 0 Å². The molecule has 1 aromatic carbocycles. The Hall–Kier alpha value is -1.38. The number of nitriles is 1. The standard InChI is InChI=1S/C13H18N2O2S/c1-2-3-4-9-15-18(16,17)11-13-7-5-12(10-14)6-8-13/h5-8,15H,2-4,9,11H2,1H3. The van der Waals surface area contributed by atoms with Crippen LogP contribution in [-0.2, 0) is 15.8 Å². The van der Waals surface area contributed by atoms with Gasteiger partial charge in [-0.3, -0.25) is 0 Å². The van der Waals surface area contributed by atoms with Crippen molar-refractivity contribution in [2.75, 3.05) is 6.54 Å². The molecule has 0 aliphatic rings. The van der Waals surface area contributed by atoms with Crippen LogP contribution in [0.15, 0.2) is 24.3 Å². The van der Waals surface area contributed by atoms with E-state index >= 15 is 0 Å². The molecule has 0 heterocycles. The Bertz CT molecular complexity index is 501. The molecule has 98 valence electrons. The summed E-state index contributed by atoms with van der Waals surface area (Å²) in [5, 5.41) is 8.65. The molecule has 0 atom stereocenters. The van der Waals surface area contributed by atoms with E-state index in [9.17, 15) is 8.42 Å². The third-order valence-corrected chi connectivity index (χ3v) is 3.90. The molecule has 0 saturated heterocycles. The van der Waals surface area contributed by atoms with Crippen LogP contribution in [-0.4, -0.2) is 15.0 Å². The Morgan fingerprint density at radius 2 is 1.89 bits per heavy atom. The maximum absolute atomic E-state index is 11.7. The number of benzene rings is 1. The molecule has 4 nitrogen and oxygen atoms in total. The van der Waals surface area contributed by atoms with Gasteiger partial charge in [-0.2, -0.15) is 5.26 Å². The van der Waals surface area contributed by atoms with Crippen LogP contribution in [0, 0.1) is 11.3 Å². The molecule has 0 spiro atoms. The van der Waals surface area contributed by atoms with Gasteiger partial charge in [0.2, 0.25) is 10.0 Å². The number of unbranched alkanes of at least 4 members (excludes halogenated alkanes) is 2. The van der Waals surface area contributed by atoms with Crippen molar-refractivity contribution in [3.8, 4) is 6.07 Å². The highest BCUT2D eigenvalue weighted by atomic mass is 32.2. The molecule has 0 fully saturated rings. The van der Waals surface area contributed by atoms with Crippen molar-refractivity contribution in [1.82, 2.24) is 4.72 Å². The molecule has 18 heavy (non-hydrogen) atoms. The predicted molar refractivity (Wildman–Crippen MR) is 71.3 cm³/mol. The van der Waals surface area contributed by atoms with Gasteiger partial charge in [-0.1, -0.05) is 31.9 Å². The first-order chi connectivity index (χ1) is 8.57. The molecule has 0 aliphatic carbocycles. The molecule has 0 bridgehead atoms. The molecule has 0 unspecified atom stereocenters. The zero-order chi connectivity index (χ0) is 13.4. The van der Waals surface area contributed by atoms with E-state index in [0.717, 1.165) is 19.3 Å². The van der Waals surface area contributed by atoms with Gasteiger partial charge in [0.05, 0.1) is 17.4 Å². The van der Waals surface area contributed by atoms with Crippen LogP contribution >= 0.6 is 0 Å². The quantitative estimate of drug-likeness (QED) is 0.769. The lowest BCUT2D eigenvalue weighted by atomic mass is 10.2. The van der Waals surface area contributed by atoms with Crippen molar-refractivity contribution < 1.29 is 8.42 Å². The van der Waals surface area contributed by atoms with Crippen molar-refractivity contribution in [1.29, 1.82) is 5.26 Å². The summed E-state index contributed by atoms with van der Waals surface area (Å²) in [5.41, 5.74) is 1.23. The number of sulfonamides is 1. The van der Waals surface area contributed by atoms with Crippen molar-refractivity contribution in [2.24, 2.45) is 0 Å². The highest BCUT2D eigenvalue weighted by molar-refractivity contribution is 7.88. The van der Waals surface area contributed by atoms with E-state index in [4.69, 9.17) is 5.26 Å². The summed E-state index contributed by atoms with van der Waals surface area (Å²) in [6, 6.07) is 8.60. The van der Waals surface area contributed by atoms with Crippen molar-refractivity contribution in [3.05, 3.63) is 35.4 Å². The second kappa shape index (κ2) is 7.14. The summed E-state index contributed by atoms with van der Waals surface area (Å²) >= 11 is 0. The van der Waals surface area contributed by atoms with E-state index in [-0.39, 0.29) is 5.75 Å². The zero-order valence-corrected chi connectivity index (χ0v) is 11.3. The van der Waals surface area contributed by atoms with E-state index in [1.54, 1.807) is 24.3 Å². The Morgan fingerprint density at radius 1 is 1.22 bits per heavy atom. The minimum absolute atomic E-state index is 0.0369. The predicted octanol–water partition coefficient (Wildman–Crippen LogP) is 2.17. The lowest BCUT2D eigenvalue weighted by molar-refractivity contribution is 0.575. The molecule has 0 aliphatic heterocycles. The van der Waals surface area contributed by atoms with Crippen LogP contribution in [0.4, 0.5) is 0 Å². The molecular weight excluding hydrogens is 248 g/mol. The van der Waals surface area contributed by atoms with Crippen molar-refractivity contribution in [2.45, 2.75) is 31.9 Å². The second-order valence-corrected chi connectivity index (χ2v) is 5.98. The Morgan fingerprint density at radius 3 is 2.44 bits per heavy atom. The van der Waals surface area contributed by atoms with Crippen LogP contribution in [0.5, 0.6) is 0 Å². The Balaban J connectivity index is 2.51. The van der Waals surface area contributed by atoms with Gasteiger partial charge in [-0.05, 0) is 24.1 Å². The Labute approximate surface area is 109 Å². The van der Waals surface area contributed by atoms with Gasteiger partial charge in [0, 0.05) is 6.54 Å². The van der Waals surface area contributed by atoms with Crippen LogP contribution in [0.1, 0.15) is 37.3 Å². The van der Waals surface area contributed by atoms with Gasteiger partial charge in [0.25, 0.3) is 0 Å². The highest BCUT2D eigenvalue weighted by Gasteiger charge is 2.10. The van der Waals surface area contributed by atoms with Gasteiger partial charge in [-0.25, -0.2) is 13.1 Å². The fraction of sp³-hybridized carbons (Fsp3) is 0.462. The van der Waals surface area contributed by atoms with E-state index in [1.807, 2.05) is 6.07 Å². The maximum Gasteiger partial charge on any atom is 0.215 e. The van der Waals surface area contributed by atoms with Gasteiger partial charge < -0.3 is 0 Å². The van der Waals surface area contributed by atoms with E-state index in [2.05, 4.69) is 11.6 Å². The first kappa shape index (κ1) is 14.7. The molecule has 0 aromatic heterocycles. The third-order valence-electron chi connectivity index (χ3n) is 2.54. The number of hydrogen-bond acceptors (Lipinski definition) is 3. The largest absolute Gasteiger partial charge is 0.215 e. The minimum atomic E-state index is -3.27. The summed E-state index contributed by atoms with van der Waals surface area (Å²) < 4.78 is 26.1. The normalized spacial score (nSPS) is 11.1. The summed E-state index contributed by atoms with van der Waals surface area (Å²) in [6.45, 7) is 2.57. The minimum Gasteiger partial charge on any atom is -0.215 e. The lowest BCUT2D eigenvalue weighted by Gasteiger charge is -2.06. The smallest absolute Gasteiger partial charge is 0.215 e. The number of hydrogen-bond donors (Lipinski definition) is 1. The molecule has 0 amide bonds. The third kappa shape index (κ3) is 5.30. The van der Waals surface area contributed by atoms with Crippen molar-refractivity contribution >= 4 is 10.0 Å². The summed E-state index contributed by atoms with van der Waals surface area (Å²) in [6.07, 6.45) is 2.96. The molecule has 1 N–H and O–H groups in total. The average molecular weight is 266 g/mol. The topological polar surface area (TPSA) is 70.0 Å². The maximum atomic E-state index is 11.7. The number of rotatable bonds is 7. The van der Waals surface area contributed by atoms with Gasteiger partial charge >= 0.3 is 0 Å². The zero-order valence-electron chi connectivity index (χ0n) is 10.5. The monoisotopic (exact) mass is 266 g/mol. The summed E-state index contributed by atoms with van der Waals surface area (Å²) in [5.74, 6) is -0.0369. The fourth-order valence-electron chi connectivity index (χ4n) is 1.55. The molecule has 0 radical (unpaired) electrons. The lowest BCUT2D eigenvalue weighted by Crippen LogP contribution is -2.26. The number of nitrogens with one attached hydrogen (secondary N) is 1. The number of nitrogens with zero attached hydrogens (tertiary/aromatic N) is 1. The first-order valence-corrected chi connectivity index (χ1v) is 7.69. The SMILES string of the molecule is CCCCCNS(=O)(=O)Cc1ccc(C#N)cc1. The Kier molecular flexibility index (Phi) is 5.83. The van der Waals surface area contributed by atoms with Crippen LogP contribution in [0.25, 0.3) is 0 Å². The van der Waals surface area contributed by atoms with Crippen LogP contribution in [0.2, 0.25) is 0 Å². The van der Waals surface area contributed by atoms with E-state index in [0.29, 0.717) is 17.7 Å². The molecule has 1 aromatic rings.